The summed E-state index contributed by atoms with van der Waals surface area (Å²) in [5.74, 6) is -0.0210. The number of fused-ring (bicyclic) bond motifs is 1. The smallest absolute Gasteiger partial charge is 0.124 e. The van der Waals surface area contributed by atoms with E-state index >= 15 is 0 Å². The van der Waals surface area contributed by atoms with Crippen molar-refractivity contribution in [1.29, 1.82) is 0 Å². The molecule has 2 atom stereocenters. The third-order valence-corrected chi connectivity index (χ3v) is 8.64. The molecule has 1 aliphatic carbocycles. The van der Waals surface area contributed by atoms with Crippen molar-refractivity contribution in [3.05, 3.63) is 75.6 Å². The molecule has 2 unspecified atom stereocenters. The van der Waals surface area contributed by atoms with Gasteiger partial charge in [-0.25, -0.2) is 14.1 Å². The molecule has 35 heavy (non-hydrogen) atoms. The minimum absolute atomic E-state index is 0.334. The van der Waals surface area contributed by atoms with Crippen LogP contribution in [0.1, 0.15) is 41.9 Å². The summed E-state index contributed by atoms with van der Waals surface area (Å²) < 4.78 is 19.1. The molecule has 4 aromatic rings. The molecule has 0 aliphatic heterocycles. The number of aromatic nitrogens is 2. The van der Waals surface area contributed by atoms with Gasteiger partial charge in [-0.3, -0.25) is 4.98 Å². The first kappa shape index (κ1) is 24.4. The Bertz CT molecular complexity index is 1390. The maximum Gasteiger partial charge on any atom is 0.124 e. The Hall–Kier alpha value is -2.27. The molecule has 1 saturated carbocycles. The Balaban J connectivity index is 1.62. The molecular weight excluding hydrogens is 507 g/mol. The average molecular weight is 531 g/mol. The molecule has 0 amide bonds. The van der Waals surface area contributed by atoms with E-state index in [0.717, 1.165) is 27.8 Å². The summed E-state index contributed by atoms with van der Waals surface area (Å²) in [6, 6.07) is 11.2. The quantitative estimate of drug-likeness (QED) is 0.225. The van der Waals surface area contributed by atoms with Gasteiger partial charge in [-0.2, -0.15) is 0 Å². The fraction of sp³-hybridized carbons (Fsp3) is 0.280. The second kappa shape index (κ2) is 9.65. The Labute approximate surface area is 215 Å². The van der Waals surface area contributed by atoms with Crippen LogP contribution in [0, 0.1) is 5.82 Å². The summed E-state index contributed by atoms with van der Waals surface area (Å²) in [5.41, 5.74) is 6.76. The number of nitrogens with one attached hydrogen (secondary N) is 1. The highest BCUT2D eigenvalue weighted by atomic mass is 35.5. The molecule has 3 heterocycles. The minimum atomic E-state index is -1.44. The van der Waals surface area contributed by atoms with Crippen molar-refractivity contribution in [2.75, 3.05) is 12.3 Å². The van der Waals surface area contributed by atoms with Gasteiger partial charge in [0.2, 0.25) is 0 Å². The minimum Gasteiger partial charge on any atom is -0.393 e. The van der Waals surface area contributed by atoms with Crippen LogP contribution in [0.15, 0.2) is 48.7 Å². The van der Waals surface area contributed by atoms with Crippen molar-refractivity contribution in [2.24, 2.45) is 0 Å². The number of nitrogen functional groups attached to an aromatic ring is 1. The lowest BCUT2D eigenvalue weighted by molar-refractivity contribution is -0.00230. The summed E-state index contributed by atoms with van der Waals surface area (Å²) >= 11 is 9.68. The van der Waals surface area contributed by atoms with Gasteiger partial charge in [-0.15, -0.1) is 11.3 Å². The average Bonchev–Trinajstić information content (AvgIpc) is 3.58. The van der Waals surface area contributed by atoms with Gasteiger partial charge >= 0.3 is 0 Å². The SMILES string of the molecule is CC(O)(CO)c1ccnc(-c2cc(F)cc3cc(C(NSC4CC4)c4nc(N)ccc4Cl)sc23)c1. The maximum atomic E-state index is 14.7. The number of benzene rings is 1. The summed E-state index contributed by atoms with van der Waals surface area (Å²) in [7, 11) is 0. The molecule has 6 nitrogen and oxygen atoms in total. The van der Waals surface area contributed by atoms with Crippen molar-refractivity contribution >= 4 is 50.8 Å². The van der Waals surface area contributed by atoms with E-state index in [4.69, 9.17) is 17.3 Å². The van der Waals surface area contributed by atoms with Crippen molar-refractivity contribution in [2.45, 2.75) is 36.7 Å². The predicted molar refractivity (Wildman–Crippen MR) is 141 cm³/mol. The standard InChI is InChI=1S/C25H24ClFN4O2S2/c1-25(33,12-32)14-6-7-29-19(10-14)17-11-15(27)8-13-9-20(34-24(13)17)23(31-35-16-2-3-16)22-18(26)4-5-21(28)30-22/h4-11,16,23,31-33H,2-3,12H2,1H3,(H2,28,30). The summed E-state index contributed by atoms with van der Waals surface area (Å²) in [4.78, 5) is 9.85. The fourth-order valence-electron chi connectivity index (χ4n) is 3.75. The zero-order valence-corrected chi connectivity index (χ0v) is 21.2. The molecule has 1 aromatic carbocycles. The number of hydrogen-bond donors (Lipinski definition) is 4. The molecule has 0 bridgehead atoms. The van der Waals surface area contributed by atoms with Crippen LogP contribution >= 0.6 is 34.9 Å². The molecule has 182 valence electrons. The molecule has 10 heteroatoms. The van der Waals surface area contributed by atoms with Crippen molar-refractivity contribution in [3.8, 4) is 11.3 Å². The number of aliphatic hydroxyl groups excluding tert-OH is 1. The van der Waals surface area contributed by atoms with Crippen LogP contribution in [-0.4, -0.2) is 32.0 Å². The number of hydrogen-bond acceptors (Lipinski definition) is 8. The van der Waals surface area contributed by atoms with Gasteiger partial charge in [0.05, 0.1) is 29.1 Å². The summed E-state index contributed by atoms with van der Waals surface area (Å²) in [6.07, 6.45) is 3.86. The summed E-state index contributed by atoms with van der Waals surface area (Å²) in [5, 5.41) is 21.8. The second-order valence-corrected chi connectivity index (χ2v) is 11.5. The van der Waals surface area contributed by atoms with Gasteiger partial charge in [0, 0.05) is 26.6 Å². The zero-order valence-electron chi connectivity index (χ0n) is 18.8. The fourth-order valence-corrected chi connectivity index (χ4v) is 6.19. The summed E-state index contributed by atoms with van der Waals surface area (Å²) in [6.45, 7) is 1.07. The van der Waals surface area contributed by atoms with E-state index < -0.39 is 18.0 Å². The van der Waals surface area contributed by atoms with Crippen LogP contribution in [0.4, 0.5) is 10.2 Å². The van der Waals surface area contributed by atoms with E-state index in [9.17, 15) is 14.6 Å². The van der Waals surface area contributed by atoms with Gasteiger partial charge in [0.15, 0.2) is 0 Å². The number of aliphatic hydroxyl groups is 2. The van der Waals surface area contributed by atoms with Gasteiger partial charge in [-0.1, -0.05) is 23.5 Å². The number of rotatable bonds is 8. The van der Waals surface area contributed by atoms with Crippen LogP contribution in [0.3, 0.4) is 0 Å². The van der Waals surface area contributed by atoms with Crippen LogP contribution in [0.2, 0.25) is 5.02 Å². The molecule has 0 saturated heterocycles. The highest BCUT2D eigenvalue weighted by Crippen LogP contribution is 2.42. The van der Waals surface area contributed by atoms with E-state index in [0.29, 0.717) is 38.6 Å². The van der Waals surface area contributed by atoms with Gasteiger partial charge in [0.25, 0.3) is 0 Å². The van der Waals surface area contributed by atoms with Crippen molar-refractivity contribution in [3.63, 3.8) is 0 Å². The molecule has 1 fully saturated rings. The Morgan fingerprint density at radius 2 is 2.09 bits per heavy atom. The lowest BCUT2D eigenvalue weighted by Gasteiger charge is -2.21. The van der Waals surface area contributed by atoms with Crippen LogP contribution in [0.5, 0.6) is 0 Å². The van der Waals surface area contributed by atoms with E-state index in [1.807, 2.05) is 6.07 Å². The Morgan fingerprint density at radius 1 is 1.29 bits per heavy atom. The number of thiophene rings is 1. The van der Waals surface area contributed by atoms with Crippen LogP contribution < -0.4 is 10.5 Å². The largest absolute Gasteiger partial charge is 0.393 e. The van der Waals surface area contributed by atoms with Gasteiger partial charge in [0.1, 0.15) is 17.2 Å². The van der Waals surface area contributed by atoms with Gasteiger partial charge in [-0.05, 0) is 73.2 Å². The van der Waals surface area contributed by atoms with Crippen LogP contribution in [-0.2, 0) is 5.60 Å². The zero-order chi connectivity index (χ0) is 24.7. The normalized spacial score (nSPS) is 16.4. The van der Waals surface area contributed by atoms with E-state index in [1.165, 1.54) is 30.4 Å². The number of halogens is 2. The van der Waals surface area contributed by atoms with E-state index in [2.05, 4.69) is 14.7 Å². The van der Waals surface area contributed by atoms with E-state index in [1.54, 1.807) is 42.4 Å². The first-order valence-electron chi connectivity index (χ1n) is 11.1. The molecule has 0 spiro atoms. The maximum absolute atomic E-state index is 14.7. The molecule has 1 aliphatic rings. The molecule has 3 aromatic heterocycles. The number of nitrogens with zero attached hydrogens (tertiary/aromatic N) is 2. The molecule has 5 rings (SSSR count). The highest BCUT2D eigenvalue weighted by Gasteiger charge is 2.28. The van der Waals surface area contributed by atoms with Crippen LogP contribution in [0.25, 0.3) is 21.3 Å². The Morgan fingerprint density at radius 3 is 2.83 bits per heavy atom. The Kier molecular flexibility index (Phi) is 6.73. The topological polar surface area (TPSA) is 104 Å². The second-order valence-electron chi connectivity index (χ2n) is 8.85. The van der Waals surface area contributed by atoms with Crippen molar-refractivity contribution in [1.82, 2.24) is 14.7 Å². The lowest BCUT2D eigenvalue weighted by Crippen LogP contribution is -2.25. The lowest BCUT2D eigenvalue weighted by atomic mass is 9.96. The van der Waals surface area contributed by atoms with Gasteiger partial charge < -0.3 is 15.9 Å². The molecule has 5 N–H and O–H groups in total. The molecule has 0 radical (unpaired) electrons. The van der Waals surface area contributed by atoms with Crippen molar-refractivity contribution < 1.29 is 14.6 Å². The molecular formula is C25H24ClFN4O2S2. The number of pyridine rings is 2. The number of anilines is 1. The first-order chi connectivity index (χ1) is 16.7. The third-order valence-electron chi connectivity index (χ3n) is 5.90. The van der Waals surface area contributed by atoms with E-state index in [-0.39, 0.29) is 6.04 Å². The first-order valence-corrected chi connectivity index (χ1v) is 13.2. The number of nitrogens with two attached hydrogens (primary N) is 1. The predicted octanol–water partition coefficient (Wildman–Crippen LogP) is 5.42. The third kappa shape index (κ3) is 5.16. The highest BCUT2D eigenvalue weighted by molar-refractivity contribution is 7.98. The monoisotopic (exact) mass is 530 g/mol.